The van der Waals surface area contributed by atoms with E-state index in [1.165, 1.54) is 0 Å². The second kappa shape index (κ2) is 4.04. The van der Waals surface area contributed by atoms with E-state index < -0.39 is 6.10 Å². The van der Waals surface area contributed by atoms with Crippen LogP contribution in [0, 0.1) is 0 Å². The van der Waals surface area contributed by atoms with E-state index in [1.807, 2.05) is 0 Å². The zero-order valence-electron chi connectivity index (χ0n) is 7.69. The van der Waals surface area contributed by atoms with Gasteiger partial charge in [-0.05, 0) is 6.92 Å². The average molecular weight is 183 g/mol. The van der Waals surface area contributed by atoms with Gasteiger partial charge >= 0.3 is 0 Å². The topological polar surface area (TPSA) is 67.2 Å². The van der Waals surface area contributed by atoms with Gasteiger partial charge in [-0.25, -0.2) is 4.98 Å². The molecule has 0 spiro atoms. The minimum absolute atomic E-state index is 0.242. The van der Waals surface area contributed by atoms with E-state index in [1.54, 1.807) is 30.9 Å². The van der Waals surface area contributed by atoms with Gasteiger partial charge in [0, 0.05) is 26.0 Å². The maximum absolute atomic E-state index is 11.3. The fraction of sp³-hybridized carbons (Fsp3) is 0.500. The Morgan fingerprint density at radius 1 is 1.85 bits per heavy atom. The van der Waals surface area contributed by atoms with Crippen LogP contribution < -0.4 is 5.32 Å². The molecule has 1 heterocycles. The van der Waals surface area contributed by atoms with E-state index >= 15 is 0 Å². The maximum atomic E-state index is 11.3. The van der Waals surface area contributed by atoms with E-state index in [0.717, 1.165) is 0 Å². The second-order valence-electron chi connectivity index (χ2n) is 2.92. The van der Waals surface area contributed by atoms with Crippen LogP contribution in [0.15, 0.2) is 12.4 Å². The molecule has 1 aromatic rings. The number of carbonyl (C=O) groups is 1. The summed E-state index contributed by atoms with van der Waals surface area (Å²) in [5, 5.41) is 11.5. The molecule has 0 aliphatic rings. The lowest BCUT2D eigenvalue weighted by molar-refractivity contribution is 0.0910. The van der Waals surface area contributed by atoms with Crippen molar-refractivity contribution in [1.82, 2.24) is 14.9 Å². The van der Waals surface area contributed by atoms with Gasteiger partial charge in [0.2, 0.25) is 0 Å². The maximum Gasteiger partial charge on any atom is 0.287 e. The minimum Gasteiger partial charge on any atom is -0.392 e. The summed E-state index contributed by atoms with van der Waals surface area (Å²) in [7, 11) is 1.74. The van der Waals surface area contributed by atoms with Crippen LogP contribution in [-0.2, 0) is 7.05 Å². The molecule has 0 saturated heterocycles. The Balaban J connectivity index is 2.54. The van der Waals surface area contributed by atoms with Crippen molar-refractivity contribution in [3.05, 3.63) is 18.2 Å². The molecule has 5 nitrogen and oxygen atoms in total. The summed E-state index contributed by atoms with van der Waals surface area (Å²) in [4.78, 5) is 15.2. The predicted octanol–water partition coefficient (Wildman–Crippen LogP) is -0.469. The van der Waals surface area contributed by atoms with E-state index in [0.29, 0.717) is 5.82 Å². The van der Waals surface area contributed by atoms with Gasteiger partial charge in [-0.3, -0.25) is 4.79 Å². The van der Waals surface area contributed by atoms with Gasteiger partial charge in [-0.15, -0.1) is 0 Å². The minimum atomic E-state index is -0.538. The normalized spacial score (nSPS) is 12.5. The van der Waals surface area contributed by atoms with Crippen molar-refractivity contribution < 1.29 is 9.90 Å². The zero-order valence-corrected chi connectivity index (χ0v) is 7.69. The van der Waals surface area contributed by atoms with Crippen LogP contribution in [0.3, 0.4) is 0 Å². The third-order valence-electron chi connectivity index (χ3n) is 1.58. The molecule has 1 rings (SSSR count). The molecule has 2 N–H and O–H groups in total. The quantitative estimate of drug-likeness (QED) is 0.665. The predicted molar refractivity (Wildman–Crippen MR) is 47.2 cm³/mol. The zero-order chi connectivity index (χ0) is 9.84. The molecule has 5 heteroatoms. The van der Waals surface area contributed by atoms with Gasteiger partial charge in [-0.1, -0.05) is 0 Å². The number of hydrogen-bond acceptors (Lipinski definition) is 3. The van der Waals surface area contributed by atoms with Crippen LogP contribution in [0.1, 0.15) is 17.5 Å². The van der Waals surface area contributed by atoms with Gasteiger partial charge in [0.1, 0.15) is 0 Å². The number of imidazole rings is 1. The van der Waals surface area contributed by atoms with Crippen molar-refractivity contribution in [2.24, 2.45) is 7.05 Å². The fourth-order valence-corrected chi connectivity index (χ4v) is 0.904. The Kier molecular flexibility index (Phi) is 3.02. The number of aliphatic hydroxyl groups excluding tert-OH is 1. The van der Waals surface area contributed by atoms with Crippen LogP contribution in [0.25, 0.3) is 0 Å². The molecule has 0 aliphatic heterocycles. The largest absolute Gasteiger partial charge is 0.392 e. The van der Waals surface area contributed by atoms with Crippen molar-refractivity contribution in [2.75, 3.05) is 6.54 Å². The molecule has 1 atom stereocenters. The summed E-state index contributed by atoms with van der Waals surface area (Å²) in [6, 6.07) is 0. The number of aromatic nitrogens is 2. The first-order chi connectivity index (χ1) is 6.11. The van der Waals surface area contributed by atoms with Gasteiger partial charge in [0.05, 0.1) is 6.10 Å². The molecular weight excluding hydrogens is 170 g/mol. The molecule has 72 valence electrons. The molecular formula is C8H13N3O2. The molecule has 0 unspecified atom stereocenters. The van der Waals surface area contributed by atoms with Crippen LogP contribution in [0.2, 0.25) is 0 Å². The SMILES string of the molecule is C[C@@H](O)CNC(=O)c1nccn1C. The smallest absolute Gasteiger partial charge is 0.287 e. The summed E-state index contributed by atoms with van der Waals surface area (Å²) < 4.78 is 1.62. The molecule has 0 fully saturated rings. The number of aryl methyl sites for hydroxylation is 1. The highest BCUT2D eigenvalue weighted by Crippen LogP contribution is 1.93. The number of nitrogens with zero attached hydrogens (tertiary/aromatic N) is 2. The Hall–Kier alpha value is -1.36. The molecule has 0 radical (unpaired) electrons. The molecule has 0 aromatic carbocycles. The Bertz CT molecular complexity index is 293. The van der Waals surface area contributed by atoms with Crippen LogP contribution >= 0.6 is 0 Å². The number of amides is 1. The van der Waals surface area contributed by atoms with E-state index in [9.17, 15) is 4.79 Å². The summed E-state index contributed by atoms with van der Waals surface area (Å²) in [6.45, 7) is 1.85. The van der Waals surface area contributed by atoms with E-state index in [-0.39, 0.29) is 12.5 Å². The first-order valence-corrected chi connectivity index (χ1v) is 4.05. The monoisotopic (exact) mass is 183 g/mol. The Morgan fingerprint density at radius 2 is 2.54 bits per heavy atom. The summed E-state index contributed by atoms with van der Waals surface area (Å²) >= 11 is 0. The number of nitrogens with one attached hydrogen (secondary N) is 1. The van der Waals surface area contributed by atoms with Crippen LogP contribution in [0.5, 0.6) is 0 Å². The standard InChI is InChI=1S/C8H13N3O2/c1-6(12)5-10-8(13)7-9-3-4-11(7)2/h3-4,6,12H,5H2,1-2H3,(H,10,13)/t6-/m1/s1. The first-order valence-electron chi connectivity index (χ1n) is 4.05. The van der Waals surface area contributed by atoms with Gasteiger partial charge in [-0.2, -0.15) is 0 Å². The summed E-state index contributed by atoms with van der Waals surface area (Å²) in [5.41, 5.74) is 0. The van der Waals surface area contributed by atoms with Gasteiger partial charge in [0.25, 0.3) is 5.91 Å². The van der Waals surface area contributed by atoms with E-state index in [4.69, 9.17) is 5.11 Å². The second-order valence-corrected chi connectivity index (χ2v) is 2.92. The van der Waals surface area contributed by atoms with Crippen molar-refractivity contribution in [3.8, 4) is 0 Å². The molecule has 13 heavy (non-hydrogen) atoms. The molecule has 1 aromatic heterocycles. The molecule has 0 saturated carbocycles. The highest BCUT2D eigenvalue weighted by Gasteiger charge is 2.10. The molecule has 0 bridgehead atoms. The fourth-order valence-electron chi connectivity index (χ4n) is 0.904. The molecule has 1 amide bonds. The lowest BCUT2D eigenvalue weighted by atomic mass is 10.4. The van der Waals surface area contributed by atoms with Gasteiger partial charge < -0.3 is 15.0 Å². The number of hydrogen-bond donors (Lipinski definition) is 2. The molecule has 0 aliphatic carbocycles. The van der Waals surface area contributed by atoms with Crippen molar-refractivity contribution in [1.29, 1.82) is 0 Å². The Labute approximate surface area is 76.4 Å². The van der Waals surface area contributed by atoms with E-state index in [2.05, 4.69) is 10.3 Å². The van der Waals surface area contributed by atoms with Crippen molar-refractivity contribution >= 4 is 5.91 Å². The third kappa shape index (κ3) is 2.55. The van der Waals surface area contributed by atoms with Crippen LogP contribution in [-0.4, -0.2) is 33.2 Å². The highest BCUT2D eigenvalue weighted by molar-refractivity contribution is 5.90. The van der Waals surface area contributed by atoms with Crippen LogP contribution in [0.4, 0.5) is 0 Å². The third-order valence-corrected chi connectivity index (χ3v) is 1.58. The Morgan fingerprint density at radius 3 is 3.00 bits per heavy atom. The summed E-state index contributed by atoms with van der Waals surface area (Å²) in [6.07, 6.45) is 2.71. The number of carbonyl (C=O) groups excluding carboxylic acids is 1. The average Bonchev–Trinajstić information content (AvgIpc) is 2.47. The van der Waals surface area contributed by atoms with Crippen molar-refractivity contribution in [3.63, 3.8) is 0 Å². The first kappa shape index (κ1) is 9.73. The number of aliphatic hydroxyl groups is 1. The van der Waals surface area contributed by atoms with Gasteiger partial charge in [0.15, 0.2) is 5.82 Å². The number of rotatable bonds is 3. The van der Waals surface area contributed by atoms with Crippen molar-refractivity contribution in [2.45, 2.75) is 13.0 Å². The lowest BCUT2D eigenvalue weighted by Crippen LogP contribution is -2.32. The lowest BCUT2D eigenvalue weighted by Gasteiger charge is -2.06. The summed E-state index contributed by atoms with van der Waals surface area (Å²) in [5.74, 6) is 0.0778. The highest BCUT2D eigenvalue weighted by atomic mass is 16.3.